The van der Waals surface area contributed by atoms with Gasteiger partial charge < -0.3 is 10.2 Å². The van der Waals surface area contributed by atoms with Gasteiger partial charge in [-0.05, 0) is 37.0 Å². The largest absolute Gasteiger partial charge is 0.374 e. The SMILES string of the molecule is Cc1nc(SCC(=O)NCc2ccc3c(c2)CCCN3C)n[nH]1. The third kappa shape index (κ3) is 4.04. The number of H-pyrrole nitrogens is 1. The molecular formula is C16H21N5OS. The fraction of sp³-hybridized carbons (Fsp3) is 0.438. The number of fused-ring (bicyclic) bond motifs is 1. The maximum absolute atomic E-state index is 11.9. The van der Waals surface area contributed by atoms with Crippen LogP contribution in [-0.2, 0) is 17.8 Å². The summed E-state index contributed by atoms with van der Waals surface area (Å²) in [7, 11) is 2.13. The summed E-state index contributed by atoms with van der Waals surface area (Å²) in [6.45, 7) is 3.51. The molecular weight excluding hydrogens is 310 g/mol. The fourth-order valence-corrected chi connectivity index (χ4v) is 3.39. The zero-order valence-electron chi connectivity index (χ0n) is 13.4. The van der Waals surface area contributed by atoms with Gasteiger partial charge in [0.1, 0.15) is 5.82 Å². The first-order valence-electron chi connectivity index (χ1n) is 7.73. The summed E-state index contributed by atoms with van der Waals surface area (Å²) in [6.07, 6.45) is 2.30. The molecule has 1 aliphatic rings. The van der Waals surface area contributed by atoms with Gasteiger partial charge in [-0.15, -0.1) is 5.10 Å². The van der Waals surface area contributed by atoms with E-state index in [9.17, 15) is 4.79 Å². The molecule has 1 aromatic heterocycles. The minimum atomic E-state index is -0.00714. The Morgan fingerprint density at radius 1 is 1.48 bits per heavy atom. The lowest BCUT2D eigenvalue weighted by molar-refractivity contribution is -0.118. The van der Waals surface area contributed by atoms with E-state index in [1.54, 1.807) is 0 Å². The molecule has 0 saturated carbocycles. The Hall–Kier alpha value is -2.02. The molecule has 1 aromatic carbocycles. The summed E-state index contributed by atoms with van der Waals surface area (Å²) in [5.74, 6) is 1.07. The number of nitrogens with zero attached hydrogens (tertiary/aromatic N) is 3. The Morgan fingerprint density at radius 2 is 2.35 bits per heavy atom. The van der Waals surface area contributed by atoms with Crippen molar-refractivity contribution in [1.29, 1.82) is 0 Å². The van der Waals surface area contributed by atoms with Crippen molar-refractivity contribution in [3.8, 4) is 0 Å². The topological polar surface area (TPSA) is 73.9 Å². The Morgan fingerprint density at radius 3 is 3.13 bits per heavy atom. The Balaban J connectivity index is 1.51. The van der Waals surface area contributed by atoms with E-state index >= 15 is 0 Å². The number of carbonyl (C=O) groups is 1. The zero-order chi connectivity index (χ0) is 16.2. The van der Waals surface area contributed by atoms with Gasteiger partial charge in [-0.1, -0.05) is 23.9 Å². The van der Waals surface area contributed by atoms with E-state index in [2.05, 4.69) is 50.6 Å². The van der Waals surface area contributed by atoms with Crippen molar-refractivity contribution >= 4 is 23.4 Å². The average Bonchev–Trinajstić information content (AvgIpc) is 2.96. The van der Waals surface area contributed by atoms with Gasteiger partial charge in [0.15, 0.2) is 0 Å². The lowest BCUT2D eigenvalue weighted by atomic mass is 9.99. The van der Waals surface area contributed by atoms with Crippen LogP contribution in [-0.4, -0.2) is 40.4 Å². The van der Waals surface area contributed by atoms with E-state index in [0.717, 1.165) is 24.4 Å². The van der Waals surface area contributed by atoms with Crippen LogP contribution in [0, 0.1) is 6.92 Å². The van der Waals surface area contributed by atoms with Crippen molar-refractivity contribution in [2.24, 2.45) is 0 Å². The highest BCUT2D eigenvalue weighted by Crippen LogP contribution is 2.26. The molecule has 122 valence electrons. The highest BCUT2D eigenvalue weighted by Gasteiger charge is 2.14. The molecule has 0 unspecified atom stereocenters. The summed E-state index contributed by atoms with van der Waals surface area (Å²) >= 11 is 1.34. The van der Waals surface area contributed by atoms with Gasteiger partial charge in [-0.3, -0.25) is 9.89 Å². The number of thioether (sulfide) groups is 1. The van der Waals surface area contributed by atoms with Crippen molar-refractivity contribution < 1.29 is 4.79 Å². The summed E-state index contributed by atoms with van der Waals surface area (Å²) in [5.41, 5.74) is 3.82. The van der Waals surface area contributed by atoms with Crippen molar-refractivity contribution in [3.05, 3.63) is 35.2 Å². The van der Waals surface area contributed by atoms with Crippen molar-refractivity contribution in [3.63, 3.8) is 0 Å². The number of aromatic nitrogens is 3. The molecule has 0 bridgehead atoms. The standard InChI is InChI=1S/C16H21N5OS/c1-11-18-16(20-19-11)23-10-15(22)17-9-12-5-6-14-13(8-12)4-3-7-21(14)2/h5-6,8H,3-4,7,9-10H2,1-2H3,(H,17,22)(H,18,19,20). The zero-order valence-corrected chi connectivity index (χ0v) is 14.2. The van der Waals surface area contributed by atoms with Crippen LogP contribution >= 0.6 is 11.8 Å². The quantitative estimate of drug-likeness (QED) is 0.819. The molecule has 0 atom stereocenters. The molecule has 2 aromatic rings. The number of hydrogen-bond acceptors (Lipinski definition) is 5. The minimum absolute atomic E-state index is 0.00714. The number of hydrogen-bond donors (Lipinski definition) is 2. The molecule has 2 heterocycles. The smallest absolute Gasteiger partial charge is 0.230 e. The fourth-order valence-electron chi connectivity index (χ4n) is 2.72. The molecule has 23 heavy (non-hydrogen) atoms. The van der Waals surface area contributed by atoms with Gasteiger partial charge in [0, 0.05) is 25.8 Å². The molecule has 0 saturated heterocycles. The van der Waals surface area contributed by atoms with Gasteiger partial charge in [0.05, 0.1) is 5.75 Å². The number of rotatable bonds is 5. The molecule has 2 N–H and O–H groups in total. The second kappa shape index (κ2) is 7.04. The molecule has 0 radical (unpaired) electrons. The maximum Gasteiger partial charge on any atom is 0.230 e. The van der Waals surface area contributed by atoms with Crippen LogP contribution in [0.3, 0.4) is 0 Å². The van der Waals surface area contributed by atoms with Gasteiger partial charge in [0.25, 0.3) is 0 Å². The lowest BCUT2D eigenvalue weighted by Gasteiger charge is -2.27. The molecule has 0 spiro atoms. The summed E-state index contributed by atoms with van der Waals surface area (Å²) in [4.78, 5) is 18.4. The van der Waals surface area contributed by atoms with Crippen molar-refractivity contribution in [2.45, 2.75) is 31.5 Å². The summed E-state index contributed by atoms with van der Waals surface area (Å²) in [5, 5.41) is 10.3. The monoisotopic (exact) mass is 331 g/mol. The Kier molecular flexibility index (Phi) is 4.85. The van der Waals surface area contributed by atoms with Crippen molar-refractivity contribution in [2.75, 3.05) is 24.2 Å². The number of anilines is 1. The highest BCUT2D eigenvalue weighted by molar-refractivity contribution is 7.99. The van der Waals surface area contributed by atoms with Crippen LogP contribution in [0.4, 0.5) is 5.69 Å². The van der Waals surface area contributed by atoms with Gasteiger partial charge >= 0.3 is 0 Å². The average molecular weight is 331 g/mol. The predicted octanol–water partition coefficient (Wildman–Crippen LogP) is 1.90. The predicted molar refractivity (Wildman–Crippen MR) is 91.7 cm³/mol. The normalized spacial score (nSPS) is 13.7. The molecule has 7 heteroatoms. The van der Waals surface area contributed by atoms with E-state index in [-0.39, 0.29) is 5.91 Å². The van der Waals surface area contributed by atoms with Crippen LogP contribution in [0.1, 0.15) is 23.4 Å². The molecule has 1 amide bonds. The second-order valence-electron chi connectivity index (χ2n) is 5.76. The first-order chi connectivity index (χ1) is 11.1. The number of aryl methyl sites for hydroxylation is 2. The number of amides is 1. The summed E-state index contributed by atoms with van der Waals surface area (Å²) < 4.78 is 0. The van der Waals surface area contributed by atoms with Crippen LogP contribution < -0.4 is 10.2 Å². The Bertz CT molecular complexity index is 700. The second-order valence-corrected chi connectivity index (χ2v) is 6.70. The molecule has 0 aliphatic carbocycles. The third-order valence-corrected chi connectivity index (χ3v) is 4.74. The highest BCUT2D eigenvalue weighted by atomic mass is 32.2. The number of aromatic amines is 1. The van der Waals surface area contributed by atoms with Crippen molar-refractivity contribution in [1.82, 2.24) is 20.5 Å². The van der Waals surface area contributed by atoms with Crippen LogP contribution in [0.5, 0.6) is 0 Å². The van der Waals surface area contributed by atoms with Gasteiger partial charge in [-0.2, -0.15) is 0 Å². The number of nitrogens with one attached hydrogen (secondary N) is 2. The number of benzene rings is 1. The first-order valence-corrected chi connectivity index (χ1v) is 8.72. The molecule has 0 fully saturated rings. The maximum atomic E-state index is 11.9. The lowest BCUT2D eigenvalue weighted by Crippen LogP contribution is -2.26. The van der Waals surface area contributed by atoms with Crippen LogP contribution in [0.25, 0.3) is 0 Å². The Labute approximate surface area is 140 Å². The van der Waals surface area contributed by atoms with E-state index in [1.807, 2.05) is 6.92 Å². The van der Waals surface area contributed by atoms with Gasteiger partial charge in [0.2, 0.25) is 11.1 Å². The van der Waals surface area contributed by atoms with E-state index in [4.69, 9.17) is 0 Å². The molecule has 3 rings (SSSR count). The molecule has 1 aliphatic heterocycles. The van der Waals surface area contributed by atoms with E-state index in [0.29, 0.717) is 17.5 Å². The van der Waals surface area contributed by atoms with Gasteiger partial charge in [-0.25, -0.2) is 4.98 Å². The number of carbonyl (C=O) groups excluding carboxylic acids is 1. The third-order valence-electron chi connectivity index (χ3n) is 3.89. The minimum Gasteiger partial charge on any atom is -0.374 e. The van der Waals surface area contributed by atoms with E-state index in [1.165, 1.54) is 29.4 Å². The van der Waals surface area contributed by atoms with Crippen LogP contribution in [0.2, 0.25) is 0 Å². The summed E-state index contributed by atoms with van der Waals surface area (Å²) in [6, 6.07) is 6.45. The van der Waals surface area contributed by atoms with E-state index < -0.39 is 0 Å². The first kappa shape index (κ1) is 15.9. The van der Waals surface area contributed by atoms with Crippen LogP contribution in [0.15, 0.2) is 23.4 Å². The molecule has 6 nitrogen and oxygen atoms in total.